The Labute approximate surface area is 142 Å². The van der Waals surface area contributed by atoms with Crippen molar-refractivity contribution < 1.29 is 24.2 Å². The van der Waals surface area contributed by atoms with Gasteiger partial charge in [0.25, 0.3) is 0 Å². The summed E-state index contributed by atoms with van der Waals surface area (Å²) in [5.41, 5.74) is 1.88. The van der Waals surface area contributed by atoms with E-state index in [-0.39, 0.29) is 18.5 Å². The maximum Gasteiger partial charge on any atom is 0.320 e. The molecule has 0 aliphatic rings. The number of nitrogens with zero attached hydrogens (tertiary/aromatic N) is 1. The zero-order valence-corrected chi connectivity index (χ0v) is 15.0. The average Bonchev–Trinajstić information content (AvgIpc) is 2.52. The van der Waals surface area contributed by atoms with Crippen molar-refractivity contribution in [1.29, 1.82) is 0 Å². The molecule has 2 unspecified atom stereocenters. The molecule has 0 aromatic heterocycles. The quantitative estimate of drug-likeness (QED) is 0.748. The zero-order chi connectivity index (χ0) is 18.4. The highest BCUT2D eigenvalue weighted by Gasteiger charge is 2.21. The molecule has 0 saturated heterocycles. The second-order valence-corrected chi connectivity index (χ2v) is 5.78. The number of amides is 1. The molecule has 1 rings (SSSR count). The largest absolute Gasteiger partial charge is 0.493 e. The second kappa shape index (κ2) is 8.54. The number of methoxy groups -OCH3 is 2. The van der Waals surface area contributed by atoms with Crippen molar-refractivity contribution in [2.45, 2.75) is 32.9 Å². The van der Waals surface area contributed by atoms with Crippen LogP contribution in [0.2, 0.25) is 0 Å². The monoisotopic (exact) mass is 338 g/mol. The van der Waals surface area contributed by atoms with E-state index in [1.807, 2.05) is 26.0 Å². The summed E-state index contributed by atoms with van der Waals surface area (Å²) in [6.07, 6.45) is 0. The molecule has 1 aromatic carbocycles. The van der Waals surface area contributed by atoms with E-state index in [1.165, 1.54) is 11.8 Å². The minimum Gasteiger partial charge on any atom is -0.493 e. The summed E-state index contributed by atoms with van der Waals surface area (Å²) in [4.78, 5) is 24.6. The highest BCUT2D eigenvalue weighted by molar-refractivity contribution is 5.80. The SMILES string of the molecule is COc1cc(C)c(C(C)NC(=O)CN(C)C(C)C(=O)O)cc1OC. The first kappa shape index (κ1) is 19.8. The molecule has 0 saturated carbocycles. The summed E-state index contributed by atoms with van der Waals surface area (Å²) >= 11 is 0. The van der Waals surface area contributed by atoms with E-state index < -0.39 is 12.0 Å². The van der Waals surface area contributed by atoms with Crippen molar-refractivity contribution in [3.63, 3.8) is 0 Å². The number of aliphatic carboxylic acids is 1. The first-order valence-corrected chi connectivity index (χ1v) is 7.66. The van der Waals surface area contributed by atoms with E-state index in [4.69, 9.17) is 14.6 Å². The van der Waals surface area contributed by atoms with Gasteiger partial charge in [-0.3, -0.25) is 14.5 Å². The van der Waals surface area contributed by atoms with Crippen LogP contribution in [-0.4, -0.2) is 55.7 Å². The number of rotatable bonds is 8. The molecule has 0 fully saturated rings. The van der Waals surface area contributed by atoms with Gasteiger partial charge in [-0.1, -0.05) is 0 Å². The van der Waals surface area contributed by atoms with E-state index in [0.717, 1.165) is 11.1 Å². The van der Waals surface area contributed by atoms with Gasteiger partial charge in [-0.05, 0) is 51.1 Å². The fourth-order valence-corrected chi connectivity index (χ4v) is 2.38. The lowest BCUT2D eigenvalue weighted by molar-refractivity contribution is -0.142. The number of benzene rings is 1. The van der Waals surface area contributed by atoms with Crippen LogP contribution in [0, 0.1) is 6.92 Å². The van der Waals surface area contributed by atoms with Gasteiger partial charge in [-0.25, -0.2) is 0 Å². The number of carboxylic acid groups (broad SMARTS) is 1. The van der Waals surface area contributed by atoms with Crippen LogP contribution in [0.3, 0.4) is 0 Å². The normalized spacial score (nSPS) is 13.3. The Kier molecular flexibility index (Phi) is 7.03. The summed E-state index contributed by atoms with van der Waals surface area (Å²) in [6.45, 7) is 5.34. The second-order valence-electron chi connectivity index (χ2n) is 5.78. The van der Waals surface area contributed by atoms with Crippen LogP contribution in [0.5, 0.6) is 11.5 Å². The molecule has 2 atom stereocenters. The molecule has 0 aliphatic carbocycles. The van der Waals surface area contributed by atoms with Gasteiger partial charge >= 0.3 is 5.97 Å². The van der Waals surface area contributed by atoms with Crippen molar-refractivity contribution in [1.82, 2.24) is 10.2 Å². The Hall–Kier alpha value is -2.28. The third kappa shape index (κ3) is 4.86. The predicted molar refractivity (Wildman–Crippen MR) is 90.6 cm³/mol. The van der Waals surface area contributed by atoms with Crippen molar-refractivity contribution >= 4 is 11.9 Å². The lowest BCUT2D eigenvalue weighted by Gasteiger charge is -2.23. The van der Waals surface area contributed by atoms with Crippen molar-refractivity contribution in [2.24, 2.45) is 0 Å². The number of hydrogen-bond acceptors (Lipinski definition) is 5. The highest BCUT2D eigenvalue weighted by atomic mass is 16.5. The molecule has 0 radical (unpaired) electrons. The van der Waals surface area contributed by atoms with Crippen molar-refractivity contribution in [3.05, 3.63) is 23.3 Å². The van der Waals surface area contributed by atoms with E-state index in [9.17, 15) is 9.59 Å². The molecular weight excluding hydrogens is 312 g/mol. The number of ether oxygens (including phenoxy) is 2. The minimum atomic E-state index is -0.964. The van der Waals surface area contributed by atoms with Crippen LogP contribution in [0.1, 0.15) is 31.0 Å². The first-order valence-electron chi connectivity index (χ1n) is 7.66. The lowest BCUT2D eigenvalue weighted by atomic mass is 10.0. The third-order valence-electron chi connectivity index (χ3n) is 4.03. The number of likely N-dealkylation sites (N-methyl/N-ethyl adjacent to an activating group) is 1. The maximum atomic E-state index is 12.2. The molecule has 0 heterocycles. The van der Waals surface area contributed by atoms with Crippen LogP contribution in [0.15, 0.2) is 12.1 Å². The smallest absolute Gasteiger partial charge is 0.320 e. The molecule has 2 N–H and O–H groups in total. The molecule has 7 heteroatoms. The minimum absolute atomic E-state index is 0.00411. The summed E-state index contributed by atoms with van der Waals surface area (Å²) in [6, 6.07) is 2.72. The van der Waals surface area contributed by atoms with E-state index >= 15 is 0 Å². The molecule has 0 spiro atoms. The fourth-order valence-electron chi connectivity index (χ4n) is 2.38. The molecule has 134 valence electrons. The Morgan fingerprint density at radius 2 is 1.75 bits per heavy atom. The van der Waals surface area contributed by atoms with Crippen LogP contribution in [-0.2, 0) is 9.59 Å². The molecular formula is C17H26N2O5. The predicted octanol–water partition coefficient (Wildman–Crippen LogP) is 1.59. The molecule has 1 aromatic rings. The Morgan fingerprint density at radius 1 is 1.21 bits per heavy atom. The number of carbonyl (C=O) groups is 2. The van der Waals surface area contributed by atoms with E-state index in [0.29, 0.717) is 11.5 Å². The van der Waals surface area contributed by atoms with Gasteiger partial charge in [-0.2, -0.15) is 0 Å². The standard InChI is InChI=1S/C17H26N2O5/c1-10-7-14(23-5)15(24-6)8-13(10)11(2)18-16(20)9-19(4)12(3)17(21)22/h7-8,11-12H,9H2,1-6H3,(H,18,20)(H,21,22). The summed E-state index contributed by atoms with van der Waals surface area (Å²) < 4.78 is 10.6. The lowest BCUT2D eigenvalue weighted by Crippen LogP contribution is -2.43. The van der Waals surface area contributed by atoms with Gasteiger partial charge in [0.05, 0.1) is 26.8 Å². The summed E-state index contributed by atoms with van der Waals surface area (Å²) in [5.74, 6) is 0.0180. The molecule has 24 heavy (non-hydrogen) atoms. The molecule has 7 nitrogen and oxygen atoms in total. The zero-order valence-electron chi connectivity index (χ0n) is 15.0. The van der Waals surface area contributed by atoms with Gasteiger partial charge < -0.3 is 19.9 Å². The van der Waals surface area contributed by atoms with Crippen molar-refractivity contribution in [3.8, 4) is 11.5 Å². The molecule has 0 aliphatic heterocycles. The number of aryl methyl sites for hydroxylation is 1. The van der Waals surface area contributed by atoms with Gasteiger partial charge in [0.2, 0.25) is 5.91 Å². The maximum absolute atomic E-state index is 12.2. The third-order valence-corrected chi connectivity index (χ3v) is 4.03. The number of hydrogen-bond donors (Lipinski definition) is 2. The topological polar surface area (TPSA) is 88.1 Å². The van der Waals surface area contributed by atoms with E-state index in [1.54, 1.807) is 21.3 Å². The Balaban J connectivity index is 2.82. The molecule has 0 bridgehead atoms. The summed E-state index contributed by atoms with van der Waals surface area (Å²) in [7, 11) is 4.73. The summed E-state index contributed by atoms with van der Waals surface area (Å²) in [5, 5.41) is 11.9. The Bertz CT molecular complexity index is 603. The van der Waals surface area contributed by atoms with Gasteiger partial charge in [0, 0.05) is 0 Å². The van der Waals surface area contributed by atoms with Gasteiger partial charge in [0.15, 0.2) is 11.5 Å². The first-order chi connectivity index (χ1) is 11.2. The fraction of sp³-hybridized carbons (Fsp3) is 0.529. The number of nitrogens with one attached hydrogen (secondary N) is 1. The van der Waals surface area contributed by atoms with Crippen LogP contribution < -0.4 is 14.8 Å². The molecule has 1 amide bonds. The van der Waals surface area contributed by atoms with Crippen LogP contribution in [0.4, 0.5) is 0 Å². The number of carboxylic acids is 1. The van der Waals surface area contributed by atoms with Crippen molar-refractivity contribution in [2.75, 3.05) is 27.8 Å². The Morgan fingerprint density at radius 3 is 2.25 bits per heavy atom. The van der Waals surface area contributed by atoms with E-state index in [2.05, 4.69) is 5.32 Å². The van der Waals surface area contributed by atoms with Crippen LogP contribution >= 0.6 is 0 Å². The van der Waals surface area contributed by atoms with Crippen LogP contribution in [0.25, 0.3) is 0 Å². The van der Waals surface area contributed by atoms with Gasteiger partial charge in [-0.15, -0.1) is 0 Å². The van der Waals surface area contributed by atoms with Gasteiger partial charge in [0.1, 0.15) is 6.04 Å². The highest BCUT2D eigenvalue weighted by Crippen LogP contribution is 2.32. The number of carbonyl (C=O) groups excluding carboxylic acids is 1. The average molecular weight is 338 g/mol.